The topological polar surface area (TPSA) is 75.8 Å². The Bertz CT molecular complexity index is 940. The van der Waals surface area contributed by atoms with Crippen LogP contribution in [0.15, 0.2) is 58.0 Å². The molecule has 0 atom stereocenters. The minimum atomic E-state index is 0.368. The fourth-order valence-corrected chi connectivity index (χ4v) is 2.88. The van der Waals surface area contributed by atoms with Gasteiger partial charge in [-0.1, -0.05) is 41.0 Å². The average Bonchev–Trinajstić information content (AvgIpc) is 3.18. The average molecular weight is 400 g/mol. The van der Waals surface area contributed by atoms with Crippen molar-refractivity contribution in [2.75, 3.05) is 21.2 Å². The molecular weight excluding hydrogens is 378 g/mol. The fourth-order valence-electron chi connectivity index (χ4n) is 2.69. The molecule has 0 bridgehead atoms. The maximum atomic E-state index is 6.01. The number of methoxy groups -OCH3 is 1. The van der Waals surface area contributed by atoms with Gasteiger partial charge in [-0.15, -0.1) is 0 Å². The number of rotatable bonds is 6. The standard InChI is InChI=1S/C20H22ClN5O2/c1-22-20(26(2)13-14-7-9-17(27-3)10-8-14)23-12-18-24-19(25-28-18)15-5-4-6-16(21)11-15/h4-11H,12-13H2,1-3H3,(H,22,23). The molecule has 0 saturated carbocycles. The highest BCUT2D eigenvalue weighted by Gasteiger charge is 2.12. The van der Waals surface area contributed by atoms with E-state index in [2.05, 4.69) is 20.4 Å². The predicted octanol–water partition coefficient (Wildman–Crippen LogP) is 3.61. The molecule has 28 heavy (non-hydrogen) atoms. The Morgan fingerprint density at radius 2 is 2.04 bits per heavy atom. The van der Waals surface area contributed by atoms with Gasteiger partial charge >= 0.3 is 0 Å². The van der Waals surface area contributed by atoms with Crippen LogP contribution in [0.4, 0.5) is 0 Å². The van der Waals surface area contributed by atoms with Gasteiger partial charge in [0, 0.05) is 31.2 Å². The molecule has 2 aromatic carbocycles. The fraction of sp³-hybridized carbons (Fsp3) is 0.250. The van der Waals surface area contributed by atoms with Crippen LogP contribution >= 0.6 is 11.6 Å². The van der Waals surface area contributed by atoms with Crippen LogP contribution in [-0.2, 0) is 13.1 Å². The van der Waals surface area contributed by atoms with Gasteiger partial charge in [0.25, 0.3) is 0 Å². The molecule has 7 nitrogen and oxygen atoms in total. The van der Waals surface area contributed by atoms with Crippen molar-refractivity contribution >= 4 is 17.6 Å². The normalized spacial score (nSPS) is 11.4. The third-order valence-corrected chi connectivity index (χ3v) is 4.34. The summed E-state index contributed by atoms with van der Waals surface area (Å²) in [5, 5.41) is 7.87. The van der Waals surface area contributed by atoms with Crippen molar-refractivity contribution in [3.8, 4) is 17.1 Å². The molecule has 0 radical (unpaired) electrons. The van der Waals surface area contributed by atoms with Crippen LogP contribution in [0, 0.1) is 0 Å². The summed E-state index contributed by atoms with van der Waals surface area (Å²) >= 11 is 6.01. The van der Waals surface area contributed by atoms with E-state index in [9.17, 15) is 0 Å². The summed E-state index contributed by atoms with van der Waals surface area (Å²) in [6, 6.07) is 15.3. The van der Waals surface area contributed by atoms with Gasteiger partial charge in [-0.3, -0.25) is 4.99 Å². The molecule has 0 aliphatic heterocycles. The van der Waals surface area contributed by atoms with Crippen LogP contribution in [0.2, 0.25) is 5.02 Å². The van der Waals surface area contributed by atoms with E-state index in [-0.39, 0.29) is 0 Å². The van der Waals surface area contributed by atoms with Crippen molar-refractivity contribution in [3.63, 3.8) is 0 Å². The Hall–Kier alpha value is -3.06. The minimum absolute atomic E-state index is 0.368. The highest BCUT2D eigenvalue weighted by molar-refractivity contribution is 6.30. The summed E-state index contributed by atoms with van der Waals surface area (Å²) in [6.07, 6.45) is 0. The number of hydrogen-bond donors (Lipinski definition) is 1. The predicted molar refractivity (Wildman–Crippen MR) is 109 cm³/mol. The van der Waals surface area contributed by atoms with E-state index in [1.165, 1.54) is 0 Å². The van der Waals surface area contributed by atoms with Crippen molar-refractivity contribution in [1.82, 2.24) is 20.4 Å². The van der Waals surface area contributed by atoms with Gasteiger partial charge in [-0.2, -0.15) is 4.98 Å². The van der Waals surface area contributed by atoms with Crippen LogP contribution in [0.25, 0.3) is 11.4 Å². The van der Waals surface area contributed by atoms with Crippen molar-refractivity contribution in [3.05, 3.63) is 65.0 Å². The lowest BCUT2D eigenvalue weighted by atomic mass is 10.2. The number of benzene rings is 2. The lowest BCUT2D eigenvalue weighted by molar-refractivity contribution is 0.371. The Morgan fingerprint density at radius 1 is 1.25 bits per heavy atom. The van der Waals surface area contributed by atoms with Gasteiger partial charge in [0.2, 0.25) is 11.7 Å². The summed E-state index contributed by atoms with van der Waals surface area (Å²) in [5.41, 5.74) is 1.95. The summed E-state index contributed by atoms with van der Waals surface area (Å²) in [6.45, 7) is 1.06. The van der Waals surface area contributed by atoms with Gasteiger partial charge in [0.15, 0.2) is 5.96 Å². The molecule has 3 rings (SSSR count). The van der Waals surface area contributed by atoms with E-state index in [1.54, 1.807) is 26.3 Å². The molecule has 0 aliphatic carbocycles. The number of aliphatic imine (C=N–C) groups is 1. The third kappa shape index (κ3) is 5.01. The summed E-state index contributed by atoms with van der Waals surface area (Å²) < 4.78 is 10.5. The molecule has 0 aliphatic rings. The zero-order valence-corrected chi connectivity index (χ0v) is 16.8. The molecule has 1 heterocycles. The lowest BCUT2D eigenvalue weighted by Gasteiger charge is -2.21. The number of nitrogens with zero attached hydrogens (tertiary/aromatic N) is 4. The van der Waals surface area contributed by atoms with Gasteiger partial charge in [-0.25, -0.2) is 0 Å². The first-order valence-electron chi connectivity index (χ1n) is 8.72. The molecule has 0 saturated heterocycles. The SMILES string of the molecule is CN=C(NCc1nc(-c2cccc(Cl)c2)no1)N(C)Cc1ccc(OC)cc1. The molecule has 146 valence electrons. The van der Waals surface area contributed by atoms with E-state index in [1.807, 2.05) is 48.3 Å². The number of guanidine groups is 1. The van der Waals surface area contributed by atoms with Gasteiger partial charge in [0.05, 0.1) is 13.7 Å². The first-order chi connectivity index (χ1) is 13.6. The van der Waals surface area contributed by atoms with Gasteiger partial charge < -0.3 is 19.5 Å². The number of hydrogen-bond acceptors (Lipinski definition) is 5. The lowest BCUT2D eigenvalue weighted by Crippen LogP contribution is -2.38. The largest absolute Gasteiger partial charge is 0.497 e. The van der Waals surface area contributed by atoms with Crippen molar-refractivity contribution < 1.29 is 9.26 Å². The van der Waals surface area contributed by atoms with E-state index >= 15 is 0 Å². The number of ether oxygens (including phenoxy) is 1. The molecule has 0 amide bonds. The van der Waals surface area contributed by atoms with Gasteiger partial charge in [-0.05, 0) is 29.8 Å². The highest BCUT2D eigenvalue weighted by atomic mass is 35.5. The number of halogens is 1. The smallest absolute Gasteiger partial charge is 0.246 e. The molecule has 3 aromatic rings. The maximum Gasteiger partial charge on any atom is 0.246 e. The summed E-state index contributed by atoms with van der Waals surface area (Å²) in [5.74, 6) is 2.52. The van der Waals surface area contributed by atoms with Crippen molar-refractivity contribution in [2.24, 2.45) is 4.99 Å². The quantitative estimate of drug-likeness (QED) is 0.504. The second-order valence-corrected chi connectivity index (χ2v) is 6.56. The highest BCUT2D eigenvalue weighted by Crippen LogP contribution is 2.20. The minimum Gasteiger partial charge on any atom is -0.497 e. The second-order valence-electron chi connectivity index (χ2n) is 6.13. The molecule has 0 fully saturated rings. The third-order valence-electron chi connectivity index (χ3n) is 4.10. The zero-order valence-electron chi connectivity index (χ0n) is 16.0. The Kier molecular flexibility index (Phi) is 6.49. The summed E-state index contributed by atoms with van der Waals surface area (Å²) in [7, 11) is 5.35. The van der Waals surface area contributed by atoms with Crippen LogP contribution < -0.4 is 10.1 Å². The van der Waals surface area contributed by atoms with Crippen molar-refractivity contribution in [2.45, 2.75) is 13.1 Å². The zero-order chi connectivity index (χ0) is 19.9. The molecular formula is C20H22ClN5O2. The number of nitrogens with one attached hydrogen (secondary N) is 1. The monoisotopic (exact) mass is 399 g/mol. The molecule has 0 unspecified atom stereocenters. The first-order valence-corrected chi connectivity index (χ1v) is 9.10. The molecule has 8 heteroatoms. The summed E-state index contributed by atoms with van der Waals surface area (Å²) in [4.78, 5) is 10.7. The maximum absolute atomic E-state index is 6.01. The second kappa shape index (κ2) is 9.23. The molecule has 0 spiro atoms. The molecule has 1 N–H and O–H groups in total. The van der Waals surface area contributed by atoms with E-state index < -0.39 is 0 Å². The molecule has 1 aromatic heterocycles. The van der Waals surface area contributed by atoms with Crippen LogP contribution in [0.1, 0.15) is 11.5 Å². The van der Waals surface area contributed by atoms with E-state index in [0.717, 1.165) is 22.8 Å². The van der Waals surface area contributed by atoms with Crippen LogP contribution in [0.3, 0.4) is 0 Å². The Labute approximate surface area is 169 Å². The Balaban J connectivity index is 1.59. The Morgan fingerprint density at radius 3 is 2.71 bits per heavy atom. The van der Waals surface area contributed by atoms with Crippen LogP contribution in [-0.4, -0.2) is 42.2 Å². The van der Waals surface area contributed by atoms with Crippen LogP contribution in [0.5, 0.6) is 5.75 Å². The first kappa shape index (κ1) is 19.7. The number of aromatic nitrogens is 2. The van der Waals surface area contributed by atoms with E-state index in [4.69, 9.17) is 20.9 Å². The van der Waals surface area contributed by atoms with Gasteiger partial charge in [0.1, 0.15) is 5.75 Å². The van der Waals surface area contributed by atoms with E-state index in [0.29, 0.717) is 29.8 Å². The van der Waals surface area contributed by atoms with Crippen molar-refractivity contribution in [1.29, 1.82) is 0 Å².